The van der Waals surface area contributed by atoms with E-state index in [1.807, 2.05) is 49.4 Å². The fourth-order valence-corrected chi connectivity index (χ4v) is 2.58. The van der Waals surface area contributed by atoms with Gasteiger partial charge in [-0.15, -0.1) is 0 Å². The lowest BCUT2D eigenvalue weighted by Crippen LogP contribution is -2.07. The van der Waals surface area contributed by atoms with Crippen LogP contribution in [0.5, 0.6) is 5.75 Å². The van der Waals surface area contributed by atoms with Crippen LogP contribution >= 0.6 is 0 Å². The predicted octanol–water partition coefficient (Wildman–Crippen LogP) is 5.19. The molecule has 1 unspecified atom stereocenters. The van der Waals surface area contributed by atoms with Crippen LogP contribution in [0.1, 0.15) is 28.9 Å². The number of benzene rings is 3. The Labute approximate surface area is 141 Å². The smallest absolute Gasteiger partial charge is 0.339 e. The molecule has 120 valence electrons. The van der Waals surface area contributed by atoms with Crippen LogP contribution < -0.4 is 4.74 Å². The molecule has 0 aliphatic carbocycles. The van der Waals surface area contributed by atoms with E-state index in [0.29, 0.717) is 5.75 Å². The molecule has 0 bridgehead atoms. The maximum Gasteiger partial charge on any atom is 0.339 e. The molecule has 3 aromatic carbocycles. The summed E-state index contributed by atoms with van der Waals surface area (Å²) in [5.74, 6) is -0.609. The molecule has 3 rings (SSSR count). The lowest BCUT2D eigenvalue weighted by Gasteiger charge is -2.17. The van der Waals surface area contributed by atoms with Gasteiger partial charge in [-0.05, 0) is 35.7 Å². The first-order chi connectivity index (χ1) is 11.6. The first-order valence-corrected chi connectivity index (χ1v) is 7.79. The first kappa shape index (κ1) is 15.8. The summed E-state index contributed by atoms with van der Waals surface area (Å²) >= 11 is 0. The van der Waals surface area contributed by atoms with Crippen molar-refractivity contribution >= 4 is 5.97 Å². The fraction of sp³-hybridized carbons (Fsp3) is 0.0952. The van der Waals surface area contributed by atoms with Crippen LogP contribution in [0.3, 0.4) is 0 Å². The van der Waals surface area contributed by atoms with Crippen molar-refractivity contribution in [1.29, 1.82) is 0 Å². The van der Waals surface area contributed by atoms with Gasteiger partial charge in [0.15, 0.2) is 0 Å². The predicted molar refractivity (Wildman–Crippen MR) is 94.3 cm³/mol. The van der Waals surface area contributed by atoms with Gasteiger partial charge >= 0.3 is 5.97 Å². The fourth-order valence-electron chi connectivity index (χ4n) is 2.58. The number of para-hydroxylation sites is 1. The van der Waals surface area contributed by atoms with Gasteiger partial charge in [0.25, 0.3) is 0 Å². The van der Waals surface area contributed by atoms with E-state index in [1.165, 1.54) is 0 Å². The van der Waals surface area contributed by atoms with Crippen molar-refractivity contribution < 1.29 is 14.6 Å². The van der Waals surface area contributed by atoms with Gasteiger partial charge in [0.2, 0.25) is 0 Å². The molecule has 0 fully saturated rings. The monoisotopic (exact) mass is 318 g/mol. The van der Waals surface area contributed by atoms with Crippen LogP contribution in [0.2, 0.25) is 0 Å². The van der Waals surface area contributed by atoms with E-state index in [9.17, 15) is 9.90 Å². The van der Waals surface area contributed by atoms with Crippen LogP contribution in [0.25, 0.3) is 11.1 Å². The molecule has 0 spiro atoms. The molecule has 3 aromatic rings. The molecule has 0 radical (unpaired) electrons. The number of hydrogen-bond donors (Lipinski definition) is 1. The summed E-state index contributed by atoms with van der Waals surface area (Å²) in [4.78, 5) is 11.3. The summed E-state index contributed by atoms with van der Waals surface area (Å²) in [6.45, 7) is 1.91. The van der Waals surface area contributed by atoms with Crippen molar-refractivity contribution in [3.05, 3.63) is 90.0 Å². The van der Waals surface area contributed by atoms with Gasteiger partial charge in [-0.2, -0.15) is 0 Å². The second-order valence-electron chi connectivity index (χ2n) is 5.55. The highest BCUT2D eigenvalue weighted by Gasteiger charge is 2.14. The molecule has 0 aliphatic rings. The normalized spacial score (nSPS) is 11.7. The van der Waals surface area contributed by atoms with Crippen molar-refractivity contribution in [3.8, 4) is 16.9 Å². The molecule has 3 heteroatoms. The minimum absolute atomic E-state index is 0.172. The summed E-state index contributed by atoms with van der Waals surface area (Å²) in [7, 11) is 0. The highest BCUT2D eigenvalue weighted by Crippen LogP contribution is 2.27. The summed E-state index contributed by atoms with van der Waals surface area (Å²) in [5.41, 5.74) is 3.46. The minimum atomic E-state index is -0.989. The molecule has 0 saturated carbocycles. The van der Waals surface area contributed by atoms with E-state index in [0.717, 1.165) is 16.7 Å². The summed E-state index contributed by atoms with van der Waals surface area (Å²) < 4.78 is 5.86. The van der Waals surface area contributed by atoms with E-state index in [4.69, 9.17) is 4.74 Å². The van der Waals surface area contributed by atoms with E-state index in [-0.39, 0.29) is 11.7 Å². The van der Waals surface area contributed by atoms with Crippen LogP contribution in [0.4, 0.5) is 0 Å². The zero-order valence-electron chi connectivity index (χ0n) is 13.3. The number of aromatic carboxylic acids is 1. The largest absolute Gasteiger partial charge is 0.485 e. The molecule has 0 amide bonds. The van der Waals surface area contributed by atoms with E-state index < -0.39 is 5.97 Å². The van der Waals surface area contributed by atoms with Gasteiger partial charge in [-0.1, -0.05) is 66.7 Å². The van der Waals surface area contributed by atoms with Crippen LogP contribution in [0.15, 0.2) is 78.9 Å². The van der Waals surface area contributed by atoms with Crippen molar-refractivity contribution in [3.63, 3.8) is 0 Å². The molecule has 0 aromatic heterocycles. The second kappa shape index (κ2) is 7.01. The molecular weight excluding hydrogens is 300 g/mol. The third-order valence-corrected chi connectivity index (χ3v) is 3.91. The topological polar surface area (TPSA) is 46.5 Å². The number of carbonyl (C=O) groups is 1. The Morgan fingerprint density at radius 2 is 1.42 bits per heavy atom. The van der Waals surface area contributed by atoms with Crippen LogP contribution in [-0.4, -0.2) is 11.1 Å². The van der Waals surface area contributed by atoms with Crippen molar-refractivity contribution in [2.24, 2.45) is 0 Å². The Hall–Kier alpha value is -3.07. The summed E-state index contributed by atoms with van der Waals surface area (Å²) in [6.07, 6.45) is -0.240. The highest BCUT2D eigenvalue weighted by molar-refractivity contribution is 5.90. The zero-order chi connectivity index (χ0) is 16.9. The maximum absolute atomic E-state index is 11.3. The quantitative estimate of drug-likeness (QED) is 0.704. The molecule has 1 atom stereocenters. The Morgan fingerprint density at radius 3 is 2.08 bits per heavy atom. The number of carboxylic acids is 1. The molecule has 1 N–H and O–H groups in total. The van der Waals surface area contributed by atoms with Gasteiger partial charge < -0.3 is 9.84 Å². The molecular formula is C21H18O3. The number of carboxylic acid groups (broad SMARTS) is 1. The van der Waals surface area contributed by atoms with Gasteiger partial charge in [0.1, 0.15) is 17.4 Å². The standard InChI is InChI=1S/C21H18O3/c1-15(24-20-10-6-5-9-19(20)21(22)23)16-11-13-18(14-12-16)17-7-3-2-4-8-17/h2-15H,1H3,(H,22,23). The van der Waals surface area contributed by atoms with Crippen molar-refractivity contribution in [1.82, 2.24) is 0 Å². The van der Waals surface area contributed by atoms with Gasteiger partial charge in [-0.25, -0.2) is 4.79 Å². The summed E-state index contributed by atoms with van der Waals surface area (Å²) in [6, 6.07) is 25.0. The Kier molecular flexibility index (Phi) is 4.62. The average molecular weight is 318 g/mol. The molecule has 24 heavy (non-hydrogen) atoms. The van der Waals surface area contributed by atoms with Crippen LogP contribution in [0, 0.1) is 0 Å². The Bertz CT molecular complexity index is 823. The van der Waals surface area contributed by atoms with E-state index in [1.54, 1.807) is 24.3 Å². The Morgan fingerprint density at radius 1 is 0.833 bits per heavy atom. The average Bonchev–Trinajstić information content (AvgIpc) is 2.63. The van der Waals surface area contributed by atoms with Gasteiger partial charge in [0, 0.05) is 0 Å². The third kappa shape index (κ3) is 3.46. The number of hydrogen-bond acceptors (Lipinski definition) is 2. The lowest BCUT2D eigenvalue weighted by molar-refractivity contribution is 0.0689. The SMILES string of the molecule is CC(Oc1ccccc1C(=O)O)c1ccc(-c2ccccc2)cc1. The zero-order valence-corrected chi connectivity index (χ0v) is 13.3. The third-order valence-electron chi connectivity index (χ3n) is 3.91. The van der Waals surface area contributed by atoms with Gasteiger partial charge in [-0.3, -0.25) is 0 Å². The van der Waals surface area contributed by atoms with E-state index >= 15 is 0 Å². The van der Waals surface area contributed by atoms with Gasteiger partial charge in [0.05, 0.1) is 0 Å². The van der Waals surface area contributed by atoms with Crippen molar-refractivity contribution in [2.75, 3.05) is 0 Å². The number of rotatable bonds is 5. The molecule has 0 aliphatic heterocycles. The molecule has 0 heterocycles. The second-order valence-corrected chi connectivity index (χ2v) is 5.55. The Balaban J connectivity index is 1.79. The first-order valence-electron chi connectivity index (χ1n) is 7.79. The highest BCUT2D eigenvalue weighted by atomic mass is 16.5. The van der Waals surface area contributed by atoms with E-state index in [2.05, 4.69) is 12.1 Å². The minimum Gasteiger partial charge on any atom is -0.485 e. The van der Waals surface area contributed by atoms with Crippen LogP contribution in [-0.2, 0) is 0 Å². The summed E-state index contributed by atoms with van der Waals surface area (Å²) in [5, 5.41) is 9.23. The number of ether oxygens (including phenoxy) is 1. The van der Waals surface area contributed by atoms with Crippen molar-refractivity contribution in [2.45, 2.75) is 13.0 Å². The molecule has 0 saturated heterocycles. The maximum atomic E-state index is 11.3. The molecule has 3 nitrogen and oxygen atoms in total. The lowest BCUT2D eigenvalue weighted by atomic mass is 10.0.